The standard InChI is InChI=1S/C13H17Cl2NOS/c1-16-12(13-8-18-6-5-17-13)7-9-10(14)3-2-4-11(9)15/h2-4,12-13,16H,5-8H2,1H3. The van der Waals surface area contributed by atoms with Crippen molar-refractivity contribution < 1.29 is 4.74 Å². The minimum atomic E-state index is 0.223. The Morgan fingerprint density at radius 3 is 2.72 bits per heavy atom. The second-order valence-electron chi connectivity index (χ2n) is 4.28. The number of nitrogens with one attached hydrogen (secondary N) is 1. The van der Waals surface area contributed by atoms with E-state index in [0.29, 0.717) is 0 Å². The zero-order valence-electron chi connectivity index (χ0n) is 10.3. The third kappa shape index (κ3) is 3.55. The first kappa shape index (κ1) is 14.5. The van der Waals surface area contributed by atoms with Crippen molar-refractivity contribution in [3.63, 3.8) is 0 Å². The number of hydrogen-bond acceptors (Lipinski definition) is 3. The summed E-state index contributed by atoms with van der Waals surface area (Å²) in [6, 6.07) is 5.88. The summed E-state index contributed by atoms with van der Waals surface area (Å²) in [4.78, 5) is 0. The minimum Gasteiger partial charge on any atom is -0.375 e. The van der Waals surface area contributed by atoms with Crippen molar-refractivity contribution in [3.05, 3.63) is 33.8 Å². The van der Waals surface area contributed by atoms with Crippen LogP contribution in [0.15, 0.2) is 18.2 Å². The van der Waals surface area contributed by atoms with Gasteiger partial charge < -0.3 is 10.1 Å². The first-order chi connectivity index (χ1) is 8.72. The van der Waals surface area contributed by atoms with E-state index in [1.807, 2.05) is 37.0 Å². The molecule has 0 bridgehead atoms. The van der Waals surface area contributed by atoms with Gasteiger partial charge in [0.25, 0.3) is 0 Å². The van der Waals surface area contributed by atoms with E-state index in [0.717, 1.165) is 40.1 Å². The van der Waals surface area contributed by atoms with Gasteiger partial charge >= 0.3 is 0 Å². The predicted octanol–water partition coefficient (Wildman–Crippen LogP) is 3.26. The zero-order valence-corrected chi connectivity index (χ0v) is 12.6. The summed E-state index contributed by atoms with van der Waals surface area (Å²) in [6.07, 6.45) is 1.02. The summed E-state index contributed by atoms with van der Waals surface area (Å²) in [5.41, 5.74) is 0.999. The molecule has 0 amide bonds. The fourth-order valence-electron chi connectivity index (χ4n) is 2.10. The van der Waals surface area contributed by atoms with Gasteiger partial charge in [-0.25, -0.2) is 0 Å². The molecule has 2 nitrogen and oxygen atoms in total. The molecule has 1 aliphatic heterocycles. The maximum atomic E-state index is 6.21. The third-order valence-corrected chi connectivity index (χ3v) is 4.87. The third-order valence-electron chi connectivity index (χ3n) is 3.15. The van der Waals surface area contributed by atoms with Crippen molar-refractivity contribution in [3.8, 4) is 0 Å². The largest absolute Gasteiger partial charge is 0.375 e. The van der Waals surface area contributed by atoms with Gasteiger partial charge in [-0.15, -0.1) is 0 Å². The van der Waals surface area contributed by atoms with Crippen LogP contribution in [-0.2, 0) is 11.2 Å². The molecule has 1 aromatic carbocycles. The van der Waals surface area contributed by atoms with E-state index in [9.17, 15) is 0 Å². The molecule has 0 saturated carbocycles. The van der Waals surface area contributed by atoms with E-state index in [-0.39, 0.29) is 12.1 Å². The highest BCUT2D eigenvalue weighted by molar-refractivity contribution is 7.99. The molecule has 1 saturated heterocycles. The first-order valence-corrected chi connectivity index (χ1v) is 7.93. The quantitative estimate of drug-likeness (QED) is 0.922. The van der Waals surface area contributed by atoms with Gasteiger partial charge in [0.15, 0.2) is 0 Å². The summed E-state index contributed by atoms with van der Waals surface area (Å²) < 4.78 is 5.81. The van der Waals surface area contributed by atoms with Gasteiger partial charge in [0.2, 0.25) is 0 Å². The highest BCUT2D eigenvalue weighted by Crippen LogP contribution is 2.27. The molecular formula is C13H17Cl2NOS. The van der Waals surface area contributed by atoms with E-state index < -0.39 is 0 Å². The summed E-state index contributed by atoms with van der Waals surface area (Å²) in [5.74, 6) is 2.10. The summed E-state index contributed by atoms with van der Waals surface area (Å²) in [6.45, 7) is 0.823. The fraction of sp³-hybridized carbons (Fsp3) is 0.538. The van der Waals surface area contributed by atoms with E-state index in [1.54, 1.807) is 0 Å². The van der Waals surface area contributed by atoms with Gasteiger partial charge in [-0.2, -0.15) is 11.8 Å². The Bertz CT molecular complexity index is 376. The maximum Gasteiger partial charge on any atom is 0.0821 e. The molecule has 100 valence electrons. The topological polar surface area (TPSA) is 21.3 Å². The molecule has 1 heterocycles. The highest BCUT2D eigenvalue weighted by Gasteiger charge is 2.25. The van der Waals surface area contributed by atoms with Crippen molar-refractivity contribution in [1.29, 1.82) is 0 Å². The second-order valence-corrected chi connectivity index (χ2v) is 6.25. The molecule has 5 heteroatoms. The Balaban J connectivity index is 2.09. The number of rotatable bonds is 4. The molecule has 2 unspecified atom stereocenters. The van der Waals surface area contributed by atoms with Gasteiger partial charge in [0, 0.05) is 27.6 Å². The molecule has 1 N–H and O–H groups in total. The molecule has 1 aliphatic rings. The van der Waals surface area contributed by atoms with Gasteiger partial charge in [-0.05, 0) is 31.2 Å². The van der Waals surface area contributed by atoms with Crippen molar-refractivity contribution in [1.82, 2.24) is 5.32 Å². The lowest BCUT2D eigenvalue weighted by atomic mass is 10.0. The number of hydrogen-bond donors (Lipinski definition) is 1. The predicted molar refractivity (Wildman–Crippen MR) is 80.1 cm³/mol. The van der Waals surface area contributed by atoms with E-state index in [1.165, 1.54) is 0 Å². The molecule has 2 atom stereocenters. The lowest BCUT2D eigenvalue weighted by Gasteiger charge is -2.30. The zero-order chi connectivity index (χ0) is 13.0. The summed E-state index contributed by atoms with van der Waals surface area (Å²) >= 11 is 14.4. The van der Waals surface area contributed by atoms with Crippen LogP contribution in [0.4, 0.5) is 0 Å². The second kappa shape index (κ2) is 7.01. The first-order valence-electron chi connectivity index (χ1n) is 6.02. The van der Waals surface area contributed by atoms with Crippen molar-refractivity contribution in [2.75, 3.05) is 25.2 Å². The Morgan fingerprint density at radius 1 is 1.44 bits per heavy atom. The minimum absolute atomic E-state index is 0.223. The fourth-order valence-corrected chi connectivity index (χ4v) is 3.60. The van der Waals surface area contributed by atoms with Crippen molar-refractivity contribution in [2.45, 2.75) is 18.6 Å². The van der Waals surface area contributed by atoms with E-state index in [2.05, 4.69) is 5.32 Å². The molecule has 0 aromatic heterocycles. The smallest absolute Gasteiger partial charge is 0.0821 e. The van der Waals surface area contributed by atoms with Gasteiger partial charge in [-0.3, -0.25) is 0 Å². The number of halogens is 2. The van der Waals surface area contributed by atoms with Gasteiger partial charge in [-0.1, -0.05) is 29.3 Å². The highest BCUT2D eigenvalue weighted by atomic mass is 35.5. The normalized spacial score (nSPS) is 21.8. The van der Waals surface area contributed by atoms with Crippen LogP contribution < -0.4 is 5.32 Å². The van der Waals surface area contributed by atoms with Crippen LogP contribution in [-0.4, -0.2) is 37.3 Å². The average molecular weight is 306 g/mol. The Labute approximate surface area is 122 Å². The molecule has 0 radical (unpaired) electrons. The van der Waals surface area contributed by atoms with Crippen LogP contribution in [0.3, 0.4) is 0 Å². The number of benzene rings is 1. The van der Waals surface area contributed by atoms with Crippen LogP contribution in [0.1, 0.15) is 5.56 Å². The molecular weight excluding hydrogens is 289 g/mol. The number of likely N-dealkylation sites (N-methyl/N-ethyl adjacent to an activating group) is 1. The molecule has 0 aliphatic carbocycles. The van der Waals surface area contributed by atoms with Crippen LogP contribution in [0.5, 0.6) is 0 Å². The molecule has 18 heavy (non-hydrogen) atoms. The lowest BCUT2D eigenvalue weighted by Crippen LogP contribution is -2.44. The summed E-state index contributed by atoms with van der Waals surface area (Å²) in [7, 11) is 1.96. The Kier molecular flexibility index (Phi) is 5.64. The van der Waals surface area contributed by atoms with Crippen LogP contribution in [0.25, 0.3) is 0 Å². The molecule has 2 rings (SSSR count). The van der Waals surface area contributed by atoms with Crippen LogP contribution in [0, 0.1) is 0 Å². The monoisotopic (exact) mass is 305 g/mol. The van der Waals surface area contributed by atoms with E-state index >= 15 is 0 Å². The van der Waals surface area contributed by atoms with Crippen molar-refractivity contribution >= 4 is 35.0 Å². The SMILES string of the molecule is CNC(Cc1c(Cl)cccc1Cl)C1CSCCO1. The molecule has 0 spiro atoms. The maximum absolute atomic E-state index is 6.21. The molecule has 1 fully saturated rings. The van der Waals surface area contributed by atoms with Gasteiger partial charge in [0.1, 0.15) is 0 Å². The average Bonchev–Trinajstić information content (AvgIpc) is 2.40. The van der Waals surface area contributed by atoms with Crippen LogP contribution in [0.2, 0.25) is 10.0 Å². The van der Waals surface area contributed by atoms with Crippen molar-refractivity contribution in [2.24, 2.45) is 0 Å². The van der Waals surface area contributed by atoms with E-state index in [4.69, 9.17) is 27.9 Å². The number of thioether (sulfide) groups is 1. The summed E-state index contributed by atoms with van der Waals surface area (Å²) in [5, 5.41) is 4.78. The molecule has 1 aromatic rings. The van der Waals surface area contributed by atoms with Crippen LogP contribution >= 0.6 is 35.0 Å². The Morgan fingerprint density at radius 2 is 2.17 bits per heavy atom. The van der Waals surface area contributed by atoms with Gasteiger partial charge in [0.05, 0.1) is 12.7 Å². The lowest BCUT2D eigenvalue weighted by molar-refractivity contribution is 0.0492. The number of ether oxygens (including phenoxy) is 1. The Hall–Kier alpha value is 0.0700.